The van der Waals surface area contributed by atoms with E-state index in [4.69, 9.17) is 15.3 Å². The molecule has 0 spiro atoms. The fourth-order valence-electron chi connectivity index (χ4n) is 0. The van der Waals surface area contributed by atoms with Gasteiger partial charge in [-0.25, -0.2) is 0 Å². The Hall–Kier alpha value is 3.30. The summed E-state index contributed by atoms with van der Waals surface area (Å²) < 4.78 is 0. The van der Waals surface area contributed by atoms with Gasteiger partial charge in [0, 0.05) is 0 Å². The number of nitrogens with zero attached hydrogens (tertiary/aromatic N) is 1. The molecule has 6 heavy (non-hydrogen) atoms. The van der Waals surface area contributed by atoms with Gasteiger partial charge in [-0.2, -0.15) is 0 Å². The van der Waals surface area contributed by atoms with Gasteiger partial charge in [-0.1, -0.05) is 0 Å². The third-order valence-corrected chi connectivity index (χ3v) is 0. The third kappa shape index (κ3) is 26.6. The van der Waals surface area contributed by atoms with Gasteiger partial charge >= 0.3 is 138 Å². The van der Waals surface area contributed by atoms with Crippen LogP contribution in [0.4, 0.5) is 0 Å². The van der Waals surface area contributed by atoms with Crippen molar-refractivity contribution in [1.82, 2.24) is 0 Å². The summed E-state index contributed by atoms with van der Waals surface area (Å²) in [6.07, 6.45) is 0. The summed E-state index contributed by atoms with van der Waals surface area (Å²) in [7, 11) is 0. The number of rotatable bonds is 0. The van der Waals surface area contributed by atoms with Crippen LogP contribution in [-0.4, -0.2) is 74.0 Å². The summed E-state index contributed by atoms with van der Waals surface area (Å²) >= 11 is 0. The molecule has 0 saturated carbocycles. The van der Waals surface area contributed by atoms with Gasteiger partial charge in [0.25, 0.3) is 0 Å². The van der Waals surface area contributed by atoms with E-state index in [1.54, 1.807) is 0 Å². The second-order valence-electron chi connectivity index (χ2n) is 0.224. The fourth-order valence-corrected chi connectivity index (χ4v) is 0. The van der Waals surface area contributed by atoms with Crippen LogP contribution >= 0.6 is 0 Å². The summed E-state index contributed by atoms with van der Waals surface area (Å²) in [5.74, 6) is 0. The standard InChI is InChI=1S/2Cs.NO3.H/c;;2-1(3)4;/q;+1;-1;. The molecule has 0 fully saturated rings. The summed E-state index contributed by atoms with van der Waals surface area (Å²) in [6.45, 7) is 0. The van der Waals surface area contributed by atoms with Crippen LogP contribution in [0.3, 0.4) is 0 Å². The normalized spacial score (nSPS) is 4.00. The zero-order valence-electron chi connectivity index (χ0n) is 2.67. The summed E-state index contributed by atoms with van der Waals surface area (Å²) in [5, 5.41) is 14.8. The maximum absolute atomic E-state index is 8.25. The van der Waals surface area contributed by atoms with Gasteiger partial charge < -0.3 is 15.3 Å². The first-order chi connectivity index (χ1) is 1.73. The van der Waals surface area contributed by atoms with Crippen LogP contribution in [0.15, 0.2) is 0 Å². The molecular formula is HCs2NO3. The van der Waals surface area contributed by atoms with E-state index in [9.17, 15) is 0 Å². The van der Waals surface area contributed by atoms with Gasteiger partial charge in [0.2, 0.25) is 0 Å². The van der Waals surface area contributed by atoms with Gasteiger partial charge in [-0.15, -0.1) is 0 Å². The summed E-state index contributed by atoms with van der Waals surface area (Å²) in [4.78, 5) is 8.25. The van der Waals surface area contributed by atoms with E-state index in [0.717, 1.165) is 0 Å². The van der Waals surface area contributed by atoms with E-state index in [-0.39, 0.29) is 138 Å². The van der Waals surface area contributed by atoms with Crippen molar-refractivity contribution in [2.24, 2.45) is 0 Å². The Bertz CT molecular complexity index is 31.8. The minimum absolute atomic E-state index is 0. The molecule has 0 heterocycles. The predicted molar refractivity (Wildman–Crippen MR) is 17.5 cm³/mol. The molecule has 0 aliphatic rings. The molecule has 0 unspecified atom stereocenters. The molecule has 0 aliphatic heterocycles. The van der Waals surface area contributed by atoms with E-state index < -0.39 is 5.09 Å². The first-order valence-corrected chi connectivity index (χ1v) is 0.548. The Kier molecular flexibility index (Phi) is 30.0. The van der Waals surface area contributed by atoms with Crippen molar-refractivity contribution in [3.05, 3.63) is 15.3 Å². The van der Waals surface area contributed by atoms with Crippen LogP contribution in [0.2, 0.25) is 0 Å². The molecule has 0 aromatic rings. The Balaban J connectivity index is -0.0000000450. The van der Waals surface area contributed by atoms with Gasteiger partial charge in [0.05, 0.1) is 5.09 Å². The second-order valence-corrected chi connectivity index (χ2v) is 0.224. The fraction of sp³-hybridized carbons (Fsp3) is 0. The van der Waals surface area contributed by atoms with E-state index in [1.165, 1.54) is 0 Å². The molecule has 0 aromatic carbocycles. The predicted octanol–water partition coefficient (Wildman–Crippen LogP) is -3.88. The van der Waals surface area contributed by atoms with Crippen LogP contribution < -0.4 is 68.9 Å². The molecule has 26 valence electrons. The topological polar surface area (TPSA) is 66.2 Å². The average molecular weight is 329 g/mol. The second kappa shape index (κ2) is 11.1. The molecule has 0 aliphatic carbocycles. The number of hydrogen-bond donors (Lipinski definition) is 0. The molecule has 6 heteroatoms. The van der Waals surface area contributed by atoms with Crippen LogP contribution in [0.25, 0.3) is 0 Å². The SMILES string of the molecule is O=[N+]([O-])[O-].[Cs+].[CsH]. The van der Waals surface area contributed by atoms with Gasteiger partial charge in [-0.3, -0.25) is 0 Å². The maximum atomic E-state index is 8.25. The molecule has 4 nitrogen and oxygen atoms in total. The van der Waals surface area contributed by atoms with Crippen LogP contribution in [0, 0.1) is 15.3 Å². The monoisotopic (exact) mass is 329 g/mol. The molecule has 0 saturated heterocycles. The van der Waals surface area contributed by atoms with Gasteiger partial charge in [0.1, 0.15) is 0 Å². The van der Waals surface area contributed by atoms with E-state index in [1.807, 2.05) is 0 Å². The van der Waals surface area contributed by atoms with E-state index in [2.05, 4.69) is 0 Å². The molecule has 0 rings (SSSR count). The summed E-state index contributed by atoms with van der Waals surface area (Å²) in [6, 6.07) is 0. The minimum atomic E-state index is -1.75. The zero-order chi connectivity index (χ0) is 3.58. The Morgan fingerprint density at radius 3 is 1.33 bits per heavy atom. The van der Waals surface area contributed by atoms with Gasteiger partial charge in [-0.05, 0) is 0 Å². The molecule has 0 amide bonds. The van der Waals surface area contributed by atoms with Crippen molar-refractivity contribution < 1.29 is 74.0 Å². The van der Waals surface area contributed by atoms with Crippen LogP contribution in [0.5, 0.6) is 0 Å². The molecule has 0 atom stereocenters. The Labute approximate surface area is 152 Å². The van der Waals surface area contributed by atoms with Gasteiger partial charge in [0.15, 0.2) is 0 Å². The first kappa shape index (κ1) is 16.1. The van der Waals surface area contributed by atoms with Crippen LogP contribution in [0.1, 0.15) is 0 Å². The number of hydrogen-bond acceptors (Lipinski definition) is 3. The van der Waals surface area contributed by atoms with E-state index in [0.29, 0.717) is 0 Å². The molecule has 0 N–H and O–H groups in total. The Morgan fingerprint density at radius 1 is 1.33 bits per heavy atom. The molecule has 0 aromatic heterocycles. The quantitative estimate of drug-likeness (QED) is 0.337. The molecular weight excluding hydrogens is 328 g/mol. The van der Waals surface area contributed by atoms with Crippen molar-refractivity contribution in [1.29, 1.82) is 0 Å². The van der Waals surface area contributed by atoms with Crippen molar-refractivity contribution in [3.63, 3.8) is 0 Å². The average Bonchev–Trinajstić information content (AvgIpc) is 0.811. The van der Waals surface area contributed by atoms with Crippen LogP contribution in [-0.2, 0) is 0 Å². The van der Waals surface area contributed by atoms with Crippen molar-refractivity contribution in [2.45, 2.75) is 0 Å². The molecule has 0 bridgehead atoms. The van der Waals surface area contributed by atoms with E-state index >= 15 is 0 Å². The Morgan fingerprint density at radius 2 is 1.33 bits per heavy atom. The van der Waals surface area contributed by atoms with Crippen molar-refractivity contribution in [2.75, 3.05) is 0 Å². The van der Waals surface area contributed by atoms with Crippen molar-refractivity contribution in [3.8, 4) is 0 Å². The summed E-state index contributed by atoms with van der Waals surface area (Å²) in [5.41, 5.74) is 0. The molecule has 0 radical (unpaired) electrons. The third-order valence-electron chi connectivity index (χ3n) is 0. The zero-order valence-corrected chi connectivity index (χ0v) is 8.95. The first-order valence-electron chi connectivity index (χ1n) is 0.548. The van der Waals surface area contributed by atoms with Crippen molar-refractivity contribution >= 4 is 68.9 Å².